The Balaban J connectivity index is -0.0000000278. The SMILES string of the molecule is CCO.CCO.CCO.CCO.[Cl][W][Cl]. The van der Waals surface area contributed by atoms with Crippen LogP contribution in [0.1, 0.15) is 27.7 Å². The first-order valence-electron chi connectivity index (χ1n) is 4.40. The molecule has 0 aliphatic heterocycles. The van der Waals surface area contributed by atoms with Crippen LogP contribution in [0.2, 0.25) is 0 Å². The minimum absolute atomic E-state index is 0.250. The molecule has 0 saturated heterocycles. The van der Waals surface area contributed by atoms with Crippen LogP contribution in [-0.4, -0.2) is 46.9 Å². The van der Waals surface area contributed by atoms with Crippen LogP contribution in [0.15, 0.2) is 0 Å². The zero-order chi connectivity index (χ0) is 13.5. The van der Waals surface area contributed by atoms with Crippen LogP contribution in [0.5, 0.6) is 0 Å². The number of aliphatic hydroxyl groups excluding tert-OH is 4. The van der Waals surface area contributed by atoms with E-state index in [9.17, 15) is 0 Å². The number of aliphatic hydroxyl groups is 4. The van der Waals surface area contributed by atoms with Crippen molar-refractivity contribution < 1.29 is 36.9 Å². The van der Waals surface area contributed by atoms with Gasteiger partial charge in [0.15, 0.2) is 0 Å². The molecule has 0 aliphatic rings. The molecule has 0 spiro atoms. The number of rotatable bonds is 0. The van der Waals surface area contributed by atoms with Crippen molar-refractivity contribution in [2.75, 3.05) is 26.4 Å². The number of halogens is 2. The molecule has 0 rings (SSSR count). The Morgan fingerprint density at radius 3 is 0.667 bits per heavy atom. The second-order valence-electron chi connectivity index (χ2n) is 1.32. The van der Waals surface area contributed by atoms with Crippen molar-refractivity contribution in [1.29, 1.82) is 0 Å². The van der Waals surface area contributed by atoms with Gasteiger partial charge in [0.25, 0.3) is 0 Å². The molecule has 100 valence electrons. The quantitative estimate of drug-likeness (QED) is 0.460. The van der Waals surface area contributed by atoms with E-state index in [1.807, 2.05) is 0 Å². The molecule has 4 nitrogen and oxygen atoms in total. The molecule has 4 N–H and O–H groups in total. The van der Waals surface area contributed by atoms with Crippen LogP contribution in [0.25, 0.3) is 0 Å². The molecule has 0 atom stereocenters. The molecule has 0 radical (unpaired) electrons. The van der Waals surface area contributed by atoms with Gasteiger partial charge in [-0.2, -0.15) is 0 Å². The molecule has 0 fully saturated rings. The van der Waals surface area contributed by atoms with Crippen molar-refractivity contribution in [2.24, 2.45) is 0 Å². The van der Waals surface area contributed by atoms with Crippen LogP contribution in [-0.2, 0) is 16.5 Å². The van der Waals surface area contributed by atoms with E-state index in [0.717, 1.165) is 0 Å². The number of hydrogen-bond donors (Lipinski definition) is 4. The minimum atomic E-state index is -0.806. The predicted octanol–water partition coefficient (Wildman–Crippen LogP) is 1.37. The van der Waals surface area contributed by atoms with Gasteiger partial charge in [0.05, 0.1) is 0 Å². The van der Waals surface area contributed by atoms with Gasteiger partial charge in [-0.05, 0) is 27.7 Å². The summed E-state index contributed by atoms with van der Waals surface area (Å²) >= 11 is -0.806. The van der Waals surface area contributed by atoms with E-state index in [1.165, 1.54) is 0 Å². The summed E-state index contributed by atoms with van der Waals surface area (Å²) in [6.07, 6.45) is 0. The Morgan fingerprint density at radius 2 is 0.667 bits per heavy atom. The first-order valence-corrected chi connectivity index (χ1v) is 11.7. The molecule has 0 saturated carbocycles. The van der Waals surface area contributed by atoms with Gasteiger partial charge in [-0.15, -0.1) is 0 Å². The van der Waals surface area contributed by atoms with Gasteiger partial charge in [-0.25, -0.2) is 0 Å². The van der Waals surface area contributed by atoms with E-state index in [1.54, 1.807) is 27.7 Å². The van der Waals surface area contributed by atoms with Crippen LogP contribution < -0.4 is 0 Å². The Bertz CT molecular complexity index is 36.2. The normalized spacial score (nSPS) is 6.00. The van der Waals surface area contributed by atoms with E-state index >= 15 is 0 Å². The van der Waals surface area contributed by atoms with Gasteiger partial charge >= 0.3 is 35.3 Å². The average Bonchev–Trinajstić information content (AvgIpc) is 2.09. The molecule has 0 unspecified atom stereocenters. The second-order valence-corrected chi connectivity index (χ2v) is 5.56. The van der Waals surface area contributed by atoms with Crippen molar-refractivity contribution in [3.63, 3.8) is 0 Å². The molecular weight excluding hydrogens is 415 g/mol. The summed E-state index contributed by atoms with van der Waals surface area (Å²) in [5, 5.41) is 30.3. The summed E-state index contributed by atoms with van der Waals surface area (Å²) in [6, 6.07) is 0. The van der Waals surface area contributed by atoms with Crippen molar-refractivity contribution in [3.05, 3.63) is 0 Å². The summed E-state index contributed by atoms with van der Waals surface area (Å²) < 4.78 is 0. The van der Waals surface area contributed by atoms with Crippen LogP contribution >= 0.6 is 18.8 Å². The van der Waals surface area contributed by atoms with Gasteiger partial charge < -0.3 is 20.4 Å². The van der Waals surface area contributed by atoms with Gasteiger partial charge in [0.1, 0.15) is 0 Å². The fourth-order valence-corrected chi connectivity index (χ4v) is 0. The summed E-state index contributed by atoms with van der Waals surface area (Å²) in [7, 11) is 9.86. The number of hydrogen-bond acceptors (Lipinski definition) is 4. The van der Waals surface area contributed by atoms with Crippen LogP contribution in [0, 0.1) is 0 Å². The summed E-state index contributed by atoms with van der Waals surface area (Å²) in [4.78, 5) is 0. The van der Waals surface area contributed by atoms with Crippen LogP contribution in [0.3, 0.4) is 0 Å². The molecule has 15 heavy (non-hydrogen) atoms. The average molecular weight is 439 g/mol. The molecule has 0 aromatic rings. The van der Waals surface area contributed by atoms with E-state index in [0.29, 0.717) is 0 Å². The third kappa shape index (κ3) is 2110. The van der Waals surface area contributed by atoms with E-state index < -0.39 is 16.5 Å². The third-order valence-electron chi connectivity index (χ3n) is 0. The van der Waals surface area contributed by atoms with Crippen LogP contribution in [0.4, 0.5) is 0 Å². The molecule has 0 amide bonds. The van der Waals surface area contributed by atoms with E-state index in [2.05, 4.69) is 0 Å². The van der Waals surface area contributed by atoms with Crippen molar-refractivity contribution in [2.45, 2.75) is 27.7 Å². The van der Waals surface area contributed by atoms with Gasteiger partial charge in [-0.3, -0.25) is 0 Å². The summed E-state index contributed by atoms with van der Waals surface area (Å²) in [5.41, 5.74) is 0. The van der Waals surface area contributed by atoms with Crippen molar-refractivity contribution in [1.82, 2.24) is 0 Å². The molecule has 7 heteroatoms. The van der Waals surface area contributed by atoms with Crippen molar-refractivity contribution in [3.8, 4) is 0 Å². The molecule has 0 heterocycles. The molecular formula is C8H24Cl2O4W. The second kappa shape index (κ2) is 80.6. The fourth-order valence-electron chi connectivity index (χ4n) is 0. The Labute approximate surface area is 110 Å². The van der Waals surface area contributed by atoms with E-state index in [4.69, 9.17) is 39.3 Å². The van der Waals surface area contributed by atoms with Gasteiger partial charge in [0, 0.05) is 26.4 Å². The molecule has 0 aliphatic carbocycles. The molecule has 0 aromatic heterocycles. The Hall–Kier alpha value is 1.11. The topological polar surface area (TPSA) is 80.9 Å². The zero-order valence-electron chi connectivity index (χ0n) is 9.78. The Morgan fingerprint density at radius 1 is 0.667 bits per heavy atom. The first kappa shape index (κ1) is 29.8. The monoisotopic (exact) mass is 438 g/mol. The van der Waals surface area contributed by atoms with Gasteiger partial charge in [-0.1, -0.05) is 0 Å². The molecule has 0 aromatic carbocycles. The third-order valence-corrected chi connectivity index (χ3v) is 0. The first-order chi connectivity index (χ1) is 7.07. The standard InChI is InChI=1S/4C2H6O.2ClH.W/c4*1-2-3;;;/h4*3H,2H2,1H3;2*1H;/q;;;;;;+2/p-2. The Kier molecular flexibility index (Phi) is 160. The van der Waals surface area contributed by atoms with Crippen molar-refractivity contribution >= 4 is 18.8 Å². The summed E-state index contributed by atoms with van der Waals surface area (Å²) in [6.45, 7) is 7.72. The zero-order valence-corrected chi connectivity index (χ0v) is 14.2. The fraction of sp³-hybridized carbons (Fsp3) is 1.00. The van der Waals surface area contributed by atoms with E-state index in [-0.39, 0.29) is 26.4 Å². The van der Waals surface area contributed by atoms with Gasteiger partial charge in [0.2, 0.25) is 0 Å². The maximum atomic E-state index is 7.57. The summed E-state index contributed by atoms with van der Waals surface area (Å²) in [5.74, 6) is 0. The predicted molar refractivity (Wildman–Crippen MR) is 62.7 cm³/mol. The maximum absolute atomic E-state index is 7.57. The molecule has 0 bridgehead atoms.